The van der Waals surface area contributed by atoms with Gasteiger partial charge in [0.1, 0.15) is 0 Å². The summed E-state index contributed by atoms with van der Waals surface area (Å²) in [6, 6.07) is 9.86. The molecule has 6 heteroatoms. The Balaban J connectivity index is 1.87. The van der Waals surface area contributed by atoms with Crippen LogP contribution in [0.2, 0.25) is 0 Å². The zero-order chi connectivity index (χ0) is 17.7. The van der Waals surface area contributed by atoms with Crippen LogP contribution >= 0.6 is 23.1 Å². The molecule has 0 bridgehead atoms. The number of benzene rings is 1. The van der Waals surface area contributed by atoms with E-state index in [2.05, 4.69) is 17.8 Å². The van der Waals surface area contributed by atoms with E-state index in [0.29, 0.717) is 4.88 Å². The van der Waals surface area contributed by atoms with Crippen molar-refractivity contribution in [3.8, 4) is 0 Å². The van der Waals surface area contributed by atoms with E-state index in [9.17, 15) is 9.59 Å². The number of aryl methyl sites for hydroxylation is 3. The first-order chi connectivity index (χ1) is 11.4. The number of carbonyl (C=O) groups is 2. The summed E-state index contributed by atoms with van der Waals surface area (Å²) in [5.41, 5.74) is 7.30. The minimum Gasteiger partial charge on any atom is -0.272 e. The van der Waals surface area contributed by atoms with Crippen LogP contribution in [-0.4, -0.2) is 17.1 Å². The number of rotatable bonds is 5. The van der Waals surface area contributed by atoms with Crippen molar-refractivity contribution < 1.29 is 9.59 Å². The highest BCUT2D eigenvalue weighted by Gasteiger charge is 2.17. The van der Waals surface area contributed by atoms with Crippen LogP contribution in [0.25, 0.3) is 0 Å². The van der Waals surface area contributed by atoms with Crippen molar-refractivity contribution in [3.63, 3.8) is 0 Å². The van der Waals surface area contributed by atoms with E-state index in [0.717, 1.165) is 16.9 Å². The van der Waals surface area contributed by atoms with E-state index in [-0.39, 0.29) is 17.1 Å². The monoisotopic (exact) mass is 362 g/mol. The van der Waals surface area contributed by atoms with Crippen molar-refractivity contribution in [2.45, 2.75) is 44.3 Å². The molecular formula is C18H22N2O2S2. The lowest BCUT2D eigenvalue weighted by molar-refractivity contribution is -0.121. The maximum atomic E-state index is 12.1. The molecule has 128 valence electrons. The second kappa shape index (κ2) is 8.35. The Hall–Kier alpha value is -1.79. The number of carbonyl (C=O) groups excluding carboxylic acids is 2. The number of amides is 2. The molecule has 0 fully saturated rings. The maximum Gasteiger partial charge on any atom is 0.279 e. The zero-order valence-electron chi connectivity index (χ0n) is 14.3. The Bertz CT molecular complexity index is 723. The van der Waals surface area contributed by atoms with Gasteiger partial charge in [0.25, 0.3) is 11.8 Å². The largest absolute Gasteiger partial charge is 0.279 e. The molecule has 0 unspecified atom stereocenters. The smallest absolute Gasteiger partial charge is 0.272 e. The molecule has 1 aromatic heterocycles. The van der Waals surface area contributed by atoms with Gasteiger partial charge in [0, 0.05) is 9.77 Å². The van der Waals surface area contributed by atoms with Gasteiger partial charge in [0.15, 0.2) is 0 Å². The first-order valence-electron chi connectivity index (χ1n) is 7.83. The highest BCUT2D eigenvalue weighted by Crippen LogP contribution is 2.24. The second-order valence-electron chi connectivity index (χ2n) is 5.59. The predicted octanol–water partition coefficient (Wildman–Crippen LogP) is 3.87. The lowest BCUT2D eigenvalue weighted by Crippen LogP contribution is -2.44. The lowest BCUT2D eigenvalue weighted by Gasteiger charge is -2.12. The van der Waals surface area contributed by atoms with Gasteiger partial charge in [0.2, 0.25) is 0 Å². The third-order valence-corrected chi connectivity index (χ3v) is 6.06. The predicted molar refractivity (Wildman–Crippen MR) is 101 cm³/mol. The molecule has 1 atom stereocenters. The molecule has 0 spiro atoms. The summed E-state index contributed by atoms with van der Waals surface area (Å²) in [6.07, 6.45) is 0.903. The second-order valence-corrected chi connectivity index (χ2v) is 8.14. The maximum absolute atomic E-state index is 12.1. The fourth-order valence-corrected chi connectivity index (χ4v) is 4.02. The fourth-order valence-electron chi connectivity index (χ4n) is 2.14. The van der Waals surface area contributed by atoms with Crippen LogP contribution in [-0.2, 0) is 11.2 Å². The molecule has 2 amide bonds. The molecule has 2 N–H and O–H groups in total. The molecule has 1 aromatic carbocycles. The van der Waals surface area contributed by atoms with E-state index in [1.165, 1.54) is 33.5 Å². The first kappa shape index (κ1) is 18.5. The van der Waals surface area contributed by atoms with Crippen molar-refractivity contribution in [1.29, 1.82) is 0 Å². The molecule has 2 aromatic rings. The molecule has 2 rings (SSSR count). The lowest BCUT2D eigenvalue weighted by atomic mass is 10.2. The van der Waals surface area contributed by atoms with Gasteiger partial charge in [-0.1, -0.05) is 24.6 Å². The van der Waals surface area contributed by atoms with Crippen molar-refractivity contribution in [3.05, 3.63) is 51.2 Å². The molecule has 0 radical (unpaired) electrons. The van der Waals surface area contributed by atoms with E-state index >= 15 is 0 Å². The molecule has 0 aliphatic carbocycles. The Kier molecular flexibility index (Phi) is 6.45. The Morgan fingerprint density at radius 2 is 1.83 bits per heavy atom. The van der Waals surface area contributed by atoms with Gasteiger partial charge in [-0.15, -0.1) is 23.1 Å². The molecule has 4 nitrogen and oxygen atoms in total. The number of hydrogen-bond donors (Lipinski definition) is 2. The zero-order valence-corrected chi connectivity index (χ0v) is 15.9. The van der Waals surface area contributed by atoms with Gasteiger partial charge in [-0.25, -0.2) is 0 Å². The Morgan fingerprint density at radius 1 is 1.17 bits per heavy atom. The third kappa shape index (κ3) is 4.85. The number of nitrogens with one attached hydrogen (secondary N) is 2. The molecule has 24 heavy (non-hydrogen) atoms. The summed E-state index contributed by atoms with van der Waals surface area (Å²) in [6.45, 7) is 7.89. The summed E-state index contributed by atoms with van der Waals surface area (Å²) < 4.78 is 0. The standard InChI is InChI=1S/C18H22N2O2S2/c1-5-15-12(3)10-16(24-15)18(22)20-19-17(21)13(4)23-14-8-6-11(2)7-9-14/h6-10,13H,5H2,1-4H3,(H,19,21)(H,20,22)/t13-/m0/s1. The van der Waals surface area contributed by atoms with Crippen LogP contribution in [0, 0.1) is 13.8 Å². The average Bonchev–Trinajstić information content (AvgIpc) is 2.95. The number of thiophene rings is 1. The van der Waals surface area contributed by atoms with Crippen molar-refractivity contribution in [2.24, 2.45) is 0 Å². The molecule has 0 aliphatic rings. The van der Waals surface area contributed by atoms with Crippen molar-refractivity contribution >= 4 is 34.9 Å². The third-order valence-electron chi connectivity index (χ3n) is 3.57. The van der Waals surface area contributed by atoms with Crippen molar-refractivity contribution in [2.75, 3.05) is 0 Å². The van der Waals surface area contributed by atoms with Crippen LogP contribution in [0.4, 0.5) is 0 Å². The molecule has 0 saturated heterocycles. The summed E-state index contributed by atoms with van der Waals surface area (Å²) in [5, 5.41) is -0.302. The highest BCUT2D eigenvalue weighted by atomic mass is 32.2. The van der Waals surface area contributed by atoms with Gasteiger partial charge in [0.05, 0.1) is 10.1 Å². The van der Waals surface area contributed by atoms with E-state index in [1.54, 1.807) is 0 Å². The number of hydrogen-bond acceptors (Lipinski definition) is 4. The summed E-state index contributed by atoms with van der Waals surface area (Å²) in [4.78, 5) is 27.1. The van der Waals surface area contributed by atoms with Gasteiger partial charge < -0.3 is 0 Å². The number of hydrazine groups is 1. The molecule has 0 aliphatic heterocycles. The quantitative estimate of drug-likeness (QED) is 0.627. The summed E-state index contributed by atoms with van der Waals surface area (Å²) in [7, 11) is 0. The van der Waals surface area contributed by atoms with Gasteiger partial charge in [-0.2, -0.15) is 0 Å². The average molecular weight is 363 g/mol. The number of thioether (sulfide) groups is 1. The summed E-state index contributed by atoms with van der Waals surface area (Å²) in [5.74, 6) is -0.499. The van der Waals surface area contributed by atoms with E-state index < -0.39 is 0 Å². The Morgan fingerprint density at radius 3 is 2.42 bits per heavy atom. The molecular weight excluding hydrogens is 340 g/mol. The van der Waals surface area contributed by atoms with Gasteiger partial charge in [-0.05, 0) is 51.0 Å². The first-order valence-corrected chi connectivity index (χ1v) is 9.53. The topological polar surface area (TPSA) is 58.2 Å². The van der Waals surface area contributed by atoms with Gasteiger partial charge >= 0.3 is 0 Å². The van der Waals surface area contributed by atoms with Crippen molar-refractivity contribution in [1.82, 2.24) is 10.9 Å². The van der Waals surface area contributed by atoms with E-state index in [4.69, 9.17) is 0 Å². The van der Waals surface area contributed by atoms with Crippen LogP contribution in [0.5, 0.6) is 0 Å². The van der Waals surface area contributed by atoms with Crippen LogP contribution in [0.15, 0.2) is 35.2 Å². The Labute approximate surface area is 151 Å². The highest BCUT2D eigenvalue weighted by molar-refractivity contribution is 8.00. The minimum atomic E-state index is -0.302. The molecule has 1 heterocycles. The normalized spacial score (nSPS) is 11.8. The minimum absolute atomic E-state index is 0.224. The van der Waals surface area contributed by atoms with Crippen LogP contribution in [0.1, 0.15) is 39.5 Å². The SMILES string of the molecule is CCc1sc(C(=O)NNC(=O)[C@H](C)Sc2ccc(C)cc2)cc1C. The molecule has 0 saturated carbocycles. The van der Waals surface area contributed by atoms with Gasteiger partial charge in [-0.3, -0.25) is 20.4 Å². The fraction of sp³-hybridized carbons (Fsp3) is 0.333. The van der Waals surface area contributed by atoms with Crippen LogP contribution in [0.3, 0.4) is 0 Å². The summed E-state index contributed by atoms with van der Waals surface area (Å²) >= 11 is 2.92. The van der Waals surface area contributed by atoms with Crippen LogP contribution < -0.4 is 10.9 Å². The van der Waals surface area contributed by atoms with E-state index in [1.807, 2.05) is 51.1 Å².